The normalized spacial score (nSPS) is 11.6. The van der Waals surface area contributed by atoms with Crippen LogP contribution in [0.15, 0.2) is 42.5 Å². The minimum Gasteiger partial charge on any atom is -0.351 e. The van der Waals surface area contributed by atoms with Gasteiger partial charge in [-0.15, -0.1) is 0 Å². The molecule has 0 aliphatic rings. The molecule has 112 valence electrons. The molecule has 3 heteroatoms. The number of nitrogens with one attached hydrogen (secondary N) is 1. The highest BCUT2D eigenvalue weighted by Gasteiger charge is 2.25. The zero-order chi connectivity index (χ0) is 15.3. The van der Waals surface area contributed by atoms with Crippen molar-refractivity contribution >= 4 is 16.7 Å². The van der Waals surface area contributed by atoms with Crippen molar-refractivity contribution in [2.45, 2.75) is 26.7 Å². The maximum atomic E-state index is 12.3. The Labute approximate surface area is 126 Å². The molecule has 0 aliphatic heterocycles. The fraction of sp³-hybridized carbons (Fsp3) is 0.389. The van der Waals surface area contributed by atoms with Gasteiger partial charge in [0.25, 0.3) is 5.91 Å². The van der Waals surface area contributed by atoms with Crippen LogP contribution in [-0.4, -0.2) is 19.0 Å². The first-order valence-electron chi connectivity index (χ1n) is 7.61. The smallest absolute Gasteiger partial charge is 0.251 e. The van der Waals surface area contributed by atoms with Crippen molar-refractivity contribution < 1.29 is 4.79 Å². The highest BCUT2D eigenvalue weighted by molar-refractivity contribution is 5.98. The maximum Gasteiger partial charge on any atom is 0.251 e. The second-order valence-electron chi connectivity index (χ2n) is 5.66. The molecule has 0 unspecified atom stereocenters. The Morgan fingerprint density at radius 1 is 1.10 bits per heavy atom. The van der Waals surface area contributed by atoms with Crippen molar-refractivity contribution in [2.75, 3.05) is 13.1 Å². The predicted molar refractivity (Wildman–Crippen MR) is 88.4 cm³/mol. The van der Waals surface area contributed by atoms with Crippen LogP contribution < -0.4 is 11.1 Å². The number of hydrogen-bond donors (Lipinski definition) is 2. The number of nitrogens with two attached hydrogens (primary N) is 1. The number of benzene rings is 2. The van der Waals surface area contributed by atoms with Gasteiger partial charge in [0.1, 0.15) is 0 Å². The van der Waals surface area contributed by atoms with E-state index in [-0.39, 0.29) is 11.3 Å². The lowest BCUT2D eigenvalue weighted by molar-refractivity contribution is 0.0928. The van der Waals surface area contributed by atoms with Gasteiger partial charge in [-0.25, -0.2) is 0 Å². The largest absolute Gasteiger partial charge is 0.351 e. The van der Waals surface area contributed by atoms with Gasteiger partial charge in [0.05, 0.1) is 0 Å². The van der Waals surface area contributed by atoms with Crippen molar-refractivity contribution in [3.8, 4) is 0 Å². The van der Waals surface area contributed by atoms with E-state index >= 15 is 0 Å². The summed E-state index contributed by atoms with van der Waals surface area (Å²) in [6.07, 6.45) is 1.94. The van der Waals surface area contributed by atoms with E-state index in [1.54, 1.807) is 0 Å². The zero-order valence-corrected chi connectivity index (χ0v) is 12.9. The molecule has 2 aromatic carbocycles. The summed E-state index contributed by atoms with van der Waals surface area (Å²) < 4.78 is 0. The van der Waals surface area contributed by atoms with E-state index in [0.717, 1.165) is 23.6 Å². The number of hydrogen-bond acceptors (Lipinski definition) is 2. The van der Waals surface area contributed by atoms with E-state index < -0.39 is 0 Å². The van der Waals surface area contributed by atoms with Crippen LogP contribution >= 0.6 is 0 Å². The van der Waals surface area contributed by atoms with Crippen LogP contribution in [0.1, 0.15) is 37.0 Å². The molecule has 0 atom stereocenters. The summed E-state index contributed by atoms with van der Waals surface area (Å²) in [5, 5.41) is 5.27. The minimum absolute atomic E-state index is 0.00646. The van der Waals surface area contributed by atoms with Crippen molar-refractivity contribution in [1.82, 2.24) is 5.32 Å². The van der Waals surface area contributed by atoms with Crippen LogP contribution in [0.2, 0.25) is 0 Å². The average molecular weight is 284 g/mol. The van der Waals surface area contributed by atoms with Crippen LogP contribution in [-0.2, 0) is 0 Å². The van der Waals surface area contributed by atoms with Gasteiger partial charge in [-0.1, -0.05) is 44.2 Å². The third-order valence-corrected chi connectivity index (χ3v) is 4.57. The molecule has 21 heavy (non-hydrogen) atoms. The van der Waals surface area contributed by atoms with Gasteiger partial charge in [0.2, 0.25) is 0 Å². The topological polar surface area (TPSA) is 55.1 Å². The van der Waals surface area contributed by atoms with Gasteiger partial charge in [0.15, 0.2) is 0 Å². The molecule has 3 nitrogen and oxygen atoms in total. The molecule has 0 heterocycles. The third kappa shape index (κ3) is 3.42. The molecule has 0 bridgehead atoms. The predicted octanol–water partition coefficient (Wildman–Crippen LogP) is 3.33. The van der Waals surface area contributed by atoms with E-state index in [1.807, 2.05) is 42.5 Å². The molecule has 0 aliphatic carbocycles. The summed E-state index contributed by atoms with van der Waals surface area (Å²) in [7, 11) is 0. The Morgan fingerprint density at radius 2 is 1.76 bits per heavy atom. The van der Waals surface area contributed by atoms with Crippen molar-refractivity contribution in [2.24, 2.45) is 11.1 Å². The molecule has 0 radical (unpaired) electrons. The molecule has 1 amide bonds. The van der Waals surface area contributed by atoms with E-state index in [0.29, 0.717) is 18.7 Å². The number of rotatable bonds is 6. The van der Waals surface area contributed by atoms with E-state index in [9.17, 15) is 4.79 Å². The summed E-state index contributed by atoms with van der Waals surface area (Å²) >= 11 is 0. The monoisotopic (exact) mass is 284 g/mol. The molecular formula is C18H24N2O. The standard InChI is InChI=1S/C18H24N2O/c1-3-18(4-2,12-19)13-20-17(21)16-10-9-14-7-5-6-8-15(14)11-16/h5-11H,3-4,12-13,19H2,1-2H3,(H,20,21). The first-order chi connectivity index (χ1) is 10.1. The minimum atomic E-state index is -0.0273. The van der Waals surface area contributed by atoms with E-state index in [2.05, 4.69) is 19.2 Å². The zero-order valence-electron chi connectivity index (χ0n) is 12.9. The van der Waals surface area contributed by atoms with Crippen molar-refractivity contribution in [3.63, 3.8) is 0 Å². The lowest BCUT2D eigenvalue weighted by atomic mass is 9.82. The molecule has 2 rings (SSSR count). The van der Waals surface area contributed by atoms with Crippen LogP contribution in [0.25, 0.3) is 10.8 Å². The van der Waals surface area contributed by atoms with Gasteiger partial charge in [-0.2, -0.15) is 0 Å². The summed E-state index contributed by atoms with van der Waals surface area (Å²) in [4.78, 5) is 12.3. The maximum absolute atomic E-state index is 12.3. The quantitative estimate of drug-likeness (QED) is 0.855. The molecule has 0 aromatic heterocycles. The van der Waals surface area contributed by atoms with E-state index in [1.165, 1.54) is 0 Å². The van der Waals surface area contributed by atoms with Gasteiger partial charge in [0, 0.05) is 12.1 Å². The Morgan fingerprint density at radius 3 is 2.38 bits per heavy atom. The van der Waals surface area contributed by atoms with Crippen LogP contribution in [0.4, 0.5) is 0 Å². The van der Waals surface area contributed by atoms with Gasteiger partial charge >= 0.3 is 0 Å². The molecule has 0 saturated heterocycles. The third-order valence-electron chi connectivity index (χ3n) is 4.57. The summed E-state index contributed by atoms with van der Waals surface area (Å²) in [6, 6.07) is 13.9. The second kappa shape index (κ2) is 6.72. The number of fused-ring (bicyclic) bond motifs is 1. The highest BCUT2D eigenvalue weighted by Crippen LogP contribution is 2.24. The van der Waals surface area contributed by atoms with Crippen molar-refractivity contribution in [1.29, 1.82) is 0 Å². The number of amides is 1. The number of carbonyl (C=O) groups excluding carboxylic acids is 1. The van der Waals surface area contributed by atoms with Gasteiger partial charge < -0.3 is 11.1 Å². The van der Waals surface area contributed by atoms with Gasteiger partial charge in [-0.05, 0) is 47.7 Å². The van der Waals surface area contributed by atoms with Crippen molar-refractivity contribution in [3.05, 3.63) is 48.0 Å². The van der Waals surface area contributed by atoms with Crippen LogP contribution in [0.5, 0.6) is 0 Å². The van der Waals surface area contributed by atoms with Crippen LogP contribution in [0, 0.1) is 5.41 Å². The summed E-state index contributed by atoms with van der Waals surface area (Å²) in [6.45, 7) is 5.47. The molecule has 0 saturated carbocycles. The molecule has 0 spiro atoms. The second-order valence-corrected chi connectivity index (χ2v) is 5.66. The van der Waals surface area contributed by atoms with Gasteiger partial charge in [-0.3, -0.25) is 4.79 Å². The Balaban J connectivity index is 2.11. The highest BCUT2D eigenvalue weighted by atomic mass is 16.1. The molecule has 2 aromatic rings. The molecular weight excluding hydrogens is 260 g/mol. The number of carbonyl (C=O) groups is 1. The van der Waals surface area contributed by atoms with E-state index in [4.69, 9.17) is 5.73 Å². The summed E-state index contributed by atoms with van der Waals surface area (Å²) in [5.41, 5.74) is 6.58. The lowest BCUT2D eigenvalue weighted by Crippen LogP contribution is -2.41. The summed E-state index contributed by atoms with van der Waals surface area (Å²) in [5.74, 6) is -0.0273. The Bertz CT molecular complexity index is 609. The molecule has 0 fully saturated rings. The average Bonchev–Trinajstić information content (AvgIpc) is 2.56. The Kier molecular flexibility index (Phi) is 4.97. The lowest BCUT2D eigenvalue weighted by Gasteiger charge is -2.30. The van der Waals surface area contributed by atoms with Crippen LogP contribution in [0.3, 0.4) is 0 Å². The fourth-order valence-electron chi connectivity index (χ4n) is 2.56. The molecule has 3 N–H and O–H groups in total. The first kappa shape index (κ1) is 15.5. The first-order valence-corrected chi connectivity index (χ1v) is 7.61. The fourth-order valence-corrected chi connectivity index (χ4v) is 2.56. The Hall–Kier alpha value is -1.87. The SMILES string of the molecule is CCC(CC)(CN)CNC(=O)c1ccc2ccccc2c1.